The van der Waals surface area contributed by atoms with Gasteiger partial charge in [0.05, 0.1) is 6.54 Å². The molecule has 100 valence electrons. The zero-order valence-corrected chi connectivity index (χ0v) is 11.4. The van der Waals surface area contributed by atoms with E-state index in [0.29, 0.717) is 6.54 Å². The molecule has 0 aliphatic carbocycles. The van der Waals surface area contributed by atoms with Crippen LogP contribution >= 0.6 is 0 Å². The van der Waals surface area contributed by atoms with Crippen molar-refractivity contribution in [3.63, 3.8) is 0 Å². The van der Waals surface area contributed by atoms with Gasteiger partial charge in [-0.25, -0.2) is 4.98 Å². The Morgan fingerprint density at radius 1 is 1.42 bits per heavy atom. The molecular weight excluding hydrogens is 240 g/mol. The van der Waals surface area contributed by atoms with Gasteiger partial charge >= 0.3 is 0 Å². The summed E-state index contributed by atoms with van der Waals surface area (Å²) in [5.74, 6) is -0.0474. The van der Waals surface area contributed by atoms with Gasteiger partial charge in [-0.15, -0.1) is 0 Å². The second kappa shape index (κ2) is 5.65. The average molecular weight is 258 g/mol. The Balaban J connectivity index is 2.02. The Labute approximate surface area is 112 Å². The second-order valence-electron chi connectivity index (χ2n) is 4.81. The highest BCUT2D eigenvalue weighted by Crippen LogP contribution is 2.10. The molecule has 1 unspecified atom stereocenters. The van der Waals surface area contributed by atoms with Gasteiger partial charge in [0.2, 0.25) is 0 Å². The summed E-state index contributed by atoms with van der Waals surface area (Å²) in [4.78, 5) is 16.1. The van der Waals surface area contributed by atoms with Gasteiger partial charge in [0.15, 0.2) is 0 Å². The van der Waals surface area contributed by atoms with E-state index in [4.69, 9.17) is 0 Å². The molecule has 0 saturated heterocycles. The van der Waals surface area contributed by atoms with Gasteiger partial charge in [0, 0.05) is 11.6 Å². The third-order valence-electron chi connectivity index (χ3n) is 2.94. The molecule has 19 heavy (non-hydrogen) atoms. The van der Waals surface area contributed by atoms with Crippen LogP contribution < -0.4 is 5.32 Å². The standard InChI is InChI=1S/C14H18N4O/c1-10-4-5-11(2)13(6-10)14(19)17-12(3)7-18-9-15-8-16-18/h4-6,8-9,12H,7H2,1-3H3,(H,17,19). The molecular formula is C14H18N4O. The minimum atomic E-state index is -0.0474. The molecule has 2 rings (SSSR count). The van der Waals surface area contributed by atoms with Gasteiger partial charge in [0.1, 0.15) is 12.7 Å². The Morgan fingerprint density at radius 3 is 2.89 bits per heavy atom. The van der Waals surface area contributed by atoms with Crippen LogP contribution in [0.1, 0.15) is 28.4 Å². The van der Waals surface area contributed by atoms with E-state index in [2.05, 4.69) is 15.4 Å². The van der Waals surface area contributed by atoms with Gasteiger partial charge in [0.25, 0.3) is 5.91 Å². The van der Waals surface area contributed by atoms with Crippen LogP contribution in [0.3, 0.4) is 0 Å². The molecule has 0 aliphatic heterocycles. The summed E-state index contributed by atoms with van der Waals surface area (Å²) in [6.45, 7) is 6.48. The highest BCUT2D eigenvalue weighted by Gasteiger charge is 2.12. The van der Waals surface area contributed by atoms with Crippen LogP contribution in [0.5, 0.6) is 0 Å². The van der Waals surface area contributed by atoms with Crippen molar-refractivity contribution >= 4 is 5.91 Å². The largest absolute Gasteiger partial charge is 0.348 e. The molecule has 5 nitrogen and oxygen atoms in total. The first-order valence-corrected chi connectivity index (χ1v) is 6.27. The van der Waals surface area contributed by atoms with Crippen LogP contribution in [0.2, 0.25) is 0 Å². The molecule has 1 heterocycles. The number of amides is 1. The third kappa shape index (κ3) is 3.40. The lowest BCUT2D eigenvalue weighted by molar-refractivity contribution is 0.0935. The molecule has 2 aromatic rings. The molecule has 1 aromatic heterocycles. The number of benzene rings is 1. The number of carbonyl (C=O) groups excluding carboxylic acids is 1. The van der Waals surface area contributed by atoms with Crippen molar-refractivity contribution in [2.45, 2.75) is 33.4 Å². The van der Waals surface area contributed by atoms with E-state index in [0.717, 1.165) is 16.7 Å². The summed E-state index contributed by atoms with van der Waals surface area (Å²) < 4.78 is 1.70. The summed E-state index contributed by atoms with van der Waals surface area (Å²) in [5.41, 5.74) is 2.79. The van der Waals surface area contributed by atoms with Crippen molar-refractivity contribution < 1.29 is 4.79 Å². The maximum atomic E-state index is 12.2. The highest BCUT2D eigenvalue weighted by atomic mass is 16.1. The fourth-order valence-corrected chi connectivity index (χ4v) is 1.94. The highest BCUT2D eigenvalue weighted by molar-refractivity contribution is 5.95. The van der Waals surface area contributed by atoms with Crippen molar-refractivity contribution in [2.24, 2.45) is 0 Å². The molecule has 0 radical (unpaired) electrons. The maximum Gasteiger partial charge on any atom is 0.251 e. The van der Waals surface area contributed by atoms with E-state index in [1.807, 2.05) is 39.0 Å². The molecule has 0 bridgehead atoms. The number of hydrogen-bond acceptors (Lipinski definition) is 3. The van der Waals surface area contributed by atoms with Gasteiger partial charge in [-0.05, 0) is 32.4 Å². The minimum Gasteiger partial charge on any atom is -0.348 e. The fourth-order valence-electron chi connectivity index (χ4n) is 1.94. The lowest BCUT2D eigenvalue weighted by Gasteiger charge is -2.15. The Bertz CT molecular complexity index is 563. The number of aromatic nitrogens is 3. The van der Waals surface area contributed by atoms with E-state index in [1.165, 1.54) is 6.33 Å². The predicted molar refractivity (Wildman–Crippen MR) is 72.9 cm³/mol. The Hall–Kier alpha value is -2.17. The zero-order valence-electron chi connectivity index (χ0n) is 11.4. The topological polar surface area (TPSA) is 59.8 Å². The molecule has 0 spiro atoms. The van der Waals surface area contributed by atoms with Crippen LogP contribution in [0.25, 0.3) is 0 Å². The van der Waals surface area contributed by atoms with Crippen LogP contribution in [-0.4, -0.2) is 26.7 Å². The summed E-state index contributed by atoms with van der Waals surface area (Å²) in [6.07, 6.45) is 3.12. The Kier molecular flexibility index (Phi) is 3.94. The minimum absolute atomic E-state index is 0.00545. The number of carbonyl (C=O) groups is 1. The van der Waals surface area contributed by atoms with E-state index < -0.39 is 0 Å². The third-order valence-corrected chi connectivity index (χ3v) is 2.94. The first-order chi connectivity index (χ1) is 9.06. The molecule has 0 fully saturated rings. The quantitative estimate of drug-likeness (QED) is 0.908. The maximum absolute atomic E-state index is 12.2. The number of aryl methyl sites for hydroxylation is 2. The van der Waals surface area contributed by atoms with E-state index in [9.17, 15) is 4.79 Å². The number of hydrogen-bond donors (Lipinski definition) is 1. The van der Waals surface area contributed by atoms with Crippen LogP contribution in [0.15, 0.2) is 30.9 Å². The first-order valence-electron chi connectivity index (χ1n) is 6.27. The number of nitrogens with zero attached hydrogens (tertiary/aromatic N) is 3. The molecule has 0 aliphatic rings. The van der Waals surface area contributed by atoms with Gasteiger partial charge < -0.3 is 5.32 Å². The van der Waals surface area contributed by atoms with Crippen molar-refractivity contribution in [1.82, 2.24) is 20.1 Å². The second-order valence-corrected chi connectivity index (χ2v) is 4.81. The molecule has 1 N–H and O–H groups in total. The SMILES string of the molecule is Cc1ccc(C)c(C(=O)NC(C)Cn2cncn2)c1. The summed E-state index contributed by atoms with van der Waals surface area (Å²) >= 11 is 0. The van der Waals surface area contributed by atoms with Crippen molar-refractivity contribution in [2.75, 3.05) is 0 Å². The lowest BCUT2D eigenvalue weighted by Crippen LogP contribution is -2.36. The van der Waals surface area contributed by atoms with Crippen LogP contribution in [-0.2, 0) is 6.54 Å². The zero-order chi connectivity index (χ0) is 13.8. The van der Waals surface area contributed by atoms with Gasteiger partial charge in [-0.1, -0.05) is 17.7 Å². The van der Waals surface area contributed by atoms with Gasteiger partial charge in [-0.3, -0.25) is 9.48 Å². The van der Waals surface area contributed by atoms with Crippen molar-refractivity contribution in [3.05, 3.63) is 47.5 Å². The van der Waals surface area contributed by atoms with E-state index in [-0.39, 0.29) is 11.9 Å². The Morgan fingerprint density at radius 2 is 2.21 bits per heavy atom. The lowest BCUT2D eigenvalue weighted by atomic mass is 10.0. The summed E-state index contributed by atoms with van der Waals surface area (Å²) in [7, 11) is 0. The molecule has 1 amide bonds. The predicted octanol–water partition coefficient (Wildman–Crippen LogP) is 1.71. The number of nitrogens with one attached hydrogen (secondary N) is 1. The van der Waals surface area contributed by atoms with E-state index >= 15 is 0 Å². The normalized spacial score (nSPS) is 12.2. The first kappa shape index (κ1) is 13.3. The summed E-state index contributed by atoms with van der Waals surface area (Å²) in [6, 6.07) is 5.87. The van der Waals surface area contributed by atoms with Crippen molar-refractivity contribution in [1.29, 1.82) is 0 Å². The monoisotopic (exact) mass is 258 g/mol. The number of rotatable bonds is 4. The smallest absolute Gasteiger partial charge is 0.251 e. The molecule has 1 aromatic carbocycles. The summed E-state index contributed by atoms with van der Waals surface area (Å²) in [5, 5.41) is 7.00. The molecule has 0 saturated carbocycles. The average Bonchev–Trinajstić information content (AvgIpc) is 2.84. The fraction of sp³-hybridized carbons (Fsp3) is 0.357. The van der Waals surface area contributed by atoms with Crippen molar-refractivity contribution in [3.8, 4) is 0 Å². The van der Waals surface area contributed by atoms with Gasteiger partial charge in [-0.2, -0.15) is 5.10 Å². The van der Waals surface area contributed by atoms with Crippen LogP contribution in [0.4, 0.5) is 0 Å². The molecule has 5 heteroatoms. The molecule has 1 atom stereocenters. The van der Waals surface area contributed by atoms with Crippen LogP contribution in [0, 0.1) is 13.8 Å². The van der Waals surface area contributed by atoms with E-state index in [1.54, 1.807) is 11.0 Å².